The Morgan fingerprint density at radius 3 is 2.55 bits per heavy atom. The van der Waals surface area contributed by atoms with E-state index >= 15 is 0 Å². The van der Waals surface area contributed by atoms with Crippen molar-refractivity contribution < 1.29 is 18.7 Å². The van der Waals surface area contributed by atoms with E-state index in [4.69, 9.17) is 32.4 Å². The Bertz CT molecular complexity index is 1250. The maximum absolute atomic E-state index is 12.9. The number of carbonyl (C=O) groups excluding carboxylic acids is 2. The van der Waals surface area contributed by atoms with Crippen LogP contribution in [0.1, 0.15) is 50.6 Å². The maximum Gasteiger partial charge on any atom is 0.291 e. The van der Waals surface area contributed by atoms with Gasteiger partial charge in [0.2, 0.25) is 0 Å². The van der Waals surface area contributed by atoms with Gasteiger partial charge in [-0.3, -0.25) is 9.59 Å². The van der Waals surface area contributed by atoms with Crippen LogP contribution < -0.4 is 15.5 Å². The lowest BCUT2D eigenvalue weighted by molar-refractivity contribution is 0.0953. The lowest BCUT2D eigenvalue weighted by atomic mass is 9.93. The predicted molar refractivity (Wildman–Crippen MR) is 128 cm³/mol. The van der Waals surface area contributed by atoms with Gasteiger partial charge >= 0.3 is 0 Å². The molecular formula is C24H21Cl2N3O4. The zero-order valence-corrected chi connectivity index (χ0v) is 19.5. The van der Waals surface area contributed by atoms with Crippen LogP contribution in [-0.2, 0) is 6.42 Å². The van der Waals surface area contributed by atoms with E-state index in [0.717, 1.165) is 12.0 Å². The van der Waals surface area contributed by atoms with Crippen molar-refractivity contribution in [2.24, 2.45) is 5.10 Å². The molecule has 0 unspecified atom stereocenters. The van der Waals surface area contributed by atoms with Crippen molar-refractivity contribution in [1.29, 1.82) is 0 Å². The van der Waals surface area contributed by atoms with E-state index in [2.05, 4.69) is 15.8 Å². The number of amides is 2. The molecule has 3 aromatic rings. The molecule has 1 aliphatic carbocycles. The molecule has 0 bridgehead atoms. The van der Waals surface area contributed by atoms with E-state index in [9.17, 15) is 9.59 Å². The highest BCUT2D eigenvalue weighted by molar-refractivity contribution is 6.44. The largest absolute Gasteiger partial charge is 0.497 e. The molecule has 2 N–H and O–H groups in total. The van der Waals surface area contributed by atoms with E-state index in [1.54, 1.807) is 56.5 Å². The number of anilines is 1. The minimum atomic E-state index is -0.437. The van der Waals surface area contributed by atoms with Gasteiger partial charge in [0, 0.05) is 23.1 Å². The first-order chi connectivity index (χ1) is 15.9. The molecule has 2 amide bonds. The highest BCUT2D eigenvalue weighted by Gasteiger charge is 2.28. The fourth-order valence-corrected chi connectivity index (χ4v) is 4.05. The van der Waals surface area contributed by atoms with Gasteiger partial charge in [0.05, 0.1) is 28.6 Å². The standard InChI is InChI=1S/C24H21Cl2N3O4/c1-13-20-17(28-29-23(30)14-9-11-15(32-2)12-10-14)6-4-8-19(20)33-22(13)24(31)27-18-7-3-5-16(25)21(18)26/h3,5,7,9-12H,4,6,8H2,1-2H3,(H,27,31)(H,29,30)/b28-17+. The molecule has 0 spiro atoms. The van der Waals surface area contributed by atoms with Gasteiger partial charge in [-0.15, -0.1) is 0 Å². The molecular weight excluding hydrogens is 465 g/mol. The third kappa shape index (κ3) is 4.74. The first-order valence-electron chi connectivity index (χ1n) is 10.3. The van der Waals surface area contributed by atoms with Crippen molar-refractivity contribution in [1.82, 2.24) is 5.43 Å². The van der Waals surface area contributed by atoms with Gasteiger partial charge in [0.15, 0.2) is 5.76 Å². The topological polar surface area (TPSA) is 92.9 Å². The number of nitrogens with zero attached hydrogens (tertiary/aromatic N) is 1. The van der Waals surface area contributed by atoms with Crippen molar-refractivity contribution >= 4 is 46.4 Å². The summed E-state index contributed by atoms with van der Waals surface area (Å²) in [6.45, 7) is 1.79. The number of ether oxygens (including phenoxy) is 1. The second-order valence-corrected chi connectivity index (χ2v) is 8.28. The second kappa shape index (κ2) is 9.68. The van der Waals surface area contributed by atoms with Gasteiger partial charge < -0.3 is 14.5 Å². The highest BCUT2D eigenvalue weighted by atomic mass is 35.5. The van der Waals surface area contributed by atoms with Crippen LogP contribution in [0, 0.1) is 6.92 Å². The molecule has 1 aromatic heterocycles. The summed E-state index contributed by atoms with van der Waals surface area (Å²) in [5.74, 6) is 0.721. The summed E-state index contributed by atoms with van der Waals surface area (Å²) in [6, 6.07) is 11.7. The minimum absolute atomic E-state index is 0.173. The summed E-state index contributed by atoms with van der Waals surface area (Å²) >= 11 is 12.2. The van der Waals surface area contributed by atoms with E-state index in [1.807, 2.05) is 0 Å². The summed E-state index contributed by atoms with van der Waals surface area (Å²) in [6.07, 6.45) is 2.11. The van der Waals surface area contributed by atoms with E-state index in [1.165, 1.54) is 0 Å². The first kappa shape index (κ1) is 22.9. The first-order valence-corrected chi connectivity index (χ1v) is 11.0. The summed E-state index contributed by atoms with van der Waals surface area (Å²) < 4.78 is 11.0. The zero-order valence-electron chi connectivity index (χ0n) is 18.0. The van der Waals surface area contributed by atoms with Crippen molar-refractivity contribution in [2.45, 2.75) is 26.2 Å². The number of hydrogen-bond donors (Lipinski definition) is 2. The summed E-state index contributed by atoms with van der Waals surface area (Å²) in [5, 5.41) is 7.68. The van der Waals surface area contributed by atoms with Gasteiger partial charge in [-0.2, -0.15) is 5.10 Å². The fraction of sp³-hybridized carbons (Fsp3) is 0.208. The number of nitrogens with one attached hydrogen (secondary N) is 2. The Hall–Kier alpha value is -3.29. The Labute approximate surface area is 200 Å². The average molecular weight is 486 g/mol. The Morgan fingerprint density at radius 2 is 1.82 bits per heavy atom. The van der Waals surface area contributed by atoms with E-state index in [0.29, 0.717) is 51.9 Å². The van der Waals surface area contributed by atoms with Gasteiger partial charge in [0.1, 0.15) is 11.5 Å². The molecule has 33 heavy (non-hydrogen) atoms. The molecule has 1 heterocycles. The number of furan rings is 1. The second-order valence-electron chi connectivity index (χ2n) is 7.49. The number of aryl methyl sites for hydroxylation is 1. The number of benzene rings is 2. The number of halogens is 2. The lowest BCUT2D eigenvalue weighted by Crippen LogP contribution is -2.22. The fourth-order valence-electron chi connectivity index (χ4n) is 3.70. The van der Waals surface area contributed by atoms with Gasteiger partial charge in [-0.05, 0) is 56.2 Å². The lowest BCUT2D eigenvalue weighted by Gasteiger charge is -2.13. The van der Waals surface area contributed by atoms with Crippen molar-refractivity contribution in [3.8, 4) is 5.75 Å². The number of hydrogen-bond acceptors (Lipinski definition) is 5. The number of fused-ring (bicyclic) bond motifs is 1. The van der Waals surface area contributed by atoms with Crippen LogP contribution in [-0.4, -0.2) is 24.6 Å². The van der Waals surface area contributed by atoms with Crippen LogP contribution in [0.3, 0.4) is 0 Å². The van der Waals surface area contributed by atoms with Gasteiger partial charge in [0.25, 0.3) is 11.8 Å². The maximum atomic E-state index is 12.9. The number of rotatable bonds is 5. The van der Waals surface area contributed by atoms with Crippen LogP contribution in [0.2, 0.25) is 10.0 Å². The summed E-state index contributed by atoms with van der Waals surface area (Å²) in [5.41, 5.74) is 5.51. The SMILES string of the molecule is COc1ccc(C(=O)N/N=C2\CCCc3oc(C(=O)Nc4cccc(Cl)c4Cl)c(C)c32)cc1. The monoisotopic (exact) mass is 485 g/mol. The zero-order chi connectivity index (χ0) is 23.5. The molecule has 0 saturated carbocycles. The Kier molecular flexibility index (Phi) is 6.72. The van der Waals surface area contributed by atoms with Crippen molar-refractivity contribution in [3.05, 3.63) is 80.7 Å². The van der Waals surface area contributed by atoms with Crippen LogP contribution in [0.25, 0.3) is 0 Å². The molecule has 2 aromatic carbocycles. The smallest absolute Gasteiger partial charge is 0.291 e. The Morgan fingerprint density at radius 1 is 1.06 bits per heavy atom. The third-order valence-electron chi connectivity index (χ3n) is 5.38. The molecule has 170 valence electrons. The minimum Gasteiger partial charge on any atom is -0.497 e. The molecule has 1 aliphatic rings. The molecule has 0 fully saturated rings. The number of carbonyl (C=O) groups is 2. The molecule has 7 nitrogen and oxygen atoms in total. The number of hydrazone groups is 1. The van der Waals surface area contributed by atoms with Crippen LogP contribution in [0.15, 0.2) is 52.0 Å². The average Bonchev–Trinajstić information content (AvgIpc) is 3.17. The van der Waals surface area contributed by atoms with Gasteiger partial charge in [-0.25, -0.2) is 5.43 Å². The highest BCUT2D eigenvalue weighted by Crippen LogP contribution is 2.33. The van der Waals surface area contributed by atoms with Crippen LogP contribution >= 0.6 is 23.2 Å². The molecule has 0 saturated heterocycles. The molecule has 9 heteroatoms. The predicted octanol–water partition coefficient (Wildman–Crippen LogP) is 5.63. The molecule has 0 radical (unpaired) electrons. The van der Waals surface area contributed by atoms with Gasteiger partial charge in [-0.1, -0.05) is 29.3 Å². The van der Waals surface area contributed by atoms with Crippen molar-refractivity contribution in [3.63, 3.8) is 0 Å². The third-order valence-corrected chi connectivity index (χ3v) is 6.20. The number of methoxy groups -OCH3 is 1. The quantitative estimate of drug-likeness (QED) is 0.458. The van der Waals surface area contributed by atoms with E-state index in [-0.39, 0.29) is 16.7 Å². The molecule has 4 rings (SSSR count). The van der Waals surface area contributed by atoms with E-state index < -0.39 is 5.91 Å². The Balaban J connectivity index is 1.56. The van der Waals surface area contributed by atoms with Crippen LogP contribution in [0.4, 0.5) is 5.69 Å². The summed E-state index contributed by atoms with van der Waals surface area (Å²) in [4.78, 5) is 25.4. The normalized spacial score (nSPS) is 14.0. The van der Waals surface area contributed by atoms with Crippen LogP contribution in [0.5, 0.6) is 5.75 Å². The molecule has 0 atom stereocenters. The molecule has 0 aliphatic heterocycles. The summed E-state index contributed by atoms with van der Waals surface area (Å²) in [7, 11) is 1.56. The van der Waals surface area contributed by atoms with Crippen molar-refractivity contribution in [2.75, 3.05) is 12.4 Å².